The van der Waals surface area contributed by atoms with Crippen molar-refractivity contribution in [2.24, 2.45) is 0 Å². The van der Waals surface area contributed by atoms with Gasteiger partial charge >= 0.3 is 0 Å². The molecule has 0 amide bonds. The second-order valence-electron chi connectivity index (χ2n) is 6.00. The summed E-state index contributed by atoms with van der Waals surface area (Å²) < 4.78 is 4.03. The van der Waals surface area contributed by atoms with Crippen LogP contribution in [0, 0.1) is 3.95 Å². The predicted octanol–water partition coefficient (Wildman–Crippen LogP) is 4.16. The van der Waals surface area contributed by atoms with Crippen LogP contribution in [0.5, 0.6) is 0 Å². The number of likely N-dealkylation sites (tertiary alicyclic amines) is 1. The molecule has 0 spiro atoms. The quantitative estimate of drug-likeness (QED) is 0.692. The Bertz CT molecular complexity index is 863. The molecule has 0 aliphatic carbocycles. The highest BCUT2D eigenvalue weighted by Crippen LogP contribution is 2.33. The number of piperidine rings is 1. The number of hydrogen-bond donors (Lipinski definition) is 1. The summed E-state index contributed by atoms with van der Waals surface area (Å²) in [6.45, 7) is 2.88. The Morgan fingerprint density at radius 2 is 2.21 bits per heavy atom. The molecule has 3 aromatic rings. The standard InChI is InChI=1S/C16H19N5S3/c1-17-15-19-21(16(22)24-15)10-20-8-4-5-11(9-20)14-18-12-6-2-3-7-13(12)23-14/h2-3,6-7,11H,4-5,8-10H2,1H3,(H,17,19)/t11-/m1/s1. The first-order chi connectivity index (χ1) is 11.7. The van der Waals surface area contributed by atoms with E-state index in [1.807, 2.05) is 23.1 Å². The van der Waals surface area contributed by atoms with Gasteiger partial charge in [0.15, 0.2) is 3.95 Å². The third-order valence-corrected chi connectivity index (χ3v) is 6.84. The minimum Gasteiger partial charge on any atom is -0.363 e. The molecule has 1 aliphatic heterocycles. The van der Waals surface area contributed by atoms with Crippen molar-refractivity contribution in [3.05, 3.63) is 33.2 Å². The number of nitrogens with one attached hydrogen (secondary N) is 1. The van der Waals surface area contributed by atoms with Crippen LogP contribution in [0.1, 0.15) is 23.8 Å². The largest absolute Gasteiger partial charge is 0.363 e. The lowest BCUT2D eigenvalue weighted by Gasteiger charge is -2.31. The van der Waals surface area contributed by atoms with Gasteiger partial charge in [-0.3, -0.25) is 4.90 Å². The monoisotopic (exact) mass is 377 g/mol. The lowest BCUT2D eigenvalue weighted by molar-refractivity contribution is 0.157. The van der Waals surface area contributed by atoms with Crippen LogP contribution in [-0.2, 0) is 6.67 Å². The maximum Gasteiger partial charge on any atom is 0.204 e. The average Bonchev–Trinajstić information content (AvgIpc) is 3.19. The van der Waals surface area contributed by atoms with Crippen molar-refractivity contribution in [1.82, 2.24) is 19.7 Å². The lowest BCUT2D eigenvalue weighted by atomic mass is 9.99. The molecule has 126 valence electrons. The first-order valence-corrected chi connectivity index (χ1v) is 10.1. The first-order valence-electron chi connectivity index (χ1n) is 8.06. The number of thiazole rings is 1. The van der Waals surface area contributed by atoms with E-state index in [4.69, 9.17) is 17.2 Å². The maximum atomic E-state index is 5.42. The van der Waals surface area contributed by atoms with E-state index >= 15 is 0 Å². The van der Waals surface area contributed by atoms with Crippen LogP contribution in [0.3, 0.4) is 0 Å². The molecular weight excluding hydrogens is 358 g/mol. The second kappa shape index (κ2) is 6.87. The second-order valence-corrected chi connectivity index (χ2v) is 8.68. The van der Waals surface area contributed by atoms with Gasteiger partial charge in [-0.15, -0.1) is 16.4 Å². The molecule has 24 heavy (non-hydrogen) atoms. The summed E-state index contributed by atoms with van der Waals surface area (Å²) in [5.74, 6) is 0.507. The fraction of sp³-hybridized carbons (Fsp3) is 0.438. The van der Waals surface area contributed by atoms with Crippen LogP contribution < -0.4 is 5.32 Å². The Labute approximate surface area is 154 Å². The summed E-state index contributed by atoms with van der Waals surface area (Å²) in [6.07, 6.45) is 2.40. The third-order valence-electron chi connectivity index (χ3n) is 4.32. The van der Waals surface area contributed by atoms with Crippen molar-refractivity contribution in [2.75, 3.05) is 25.5 Å². The predicted molar refractivity (Wildman–Crippen MR) is 104 cm³/mol. The molecule has 0 unspecified atom stereocenters. The summed E-state index contributed by atoms with van der Waals surface area (Å²) in [5, 5.41) is 9.73. The van der Waals surface area contributed by atoms with E-state index < -0.39 is 0 Å². The summed E-state index contributed by atoms with van der Waals surface area (Å²) in [5.41, 5.74) is 1.12. The highest BCUT2D eigenvalue weighted by Gasteiger charge is 2.24. The number of anilines is 1. The Kier molecular flexibility index (Phi) is 4.62. The fourth-order valence-electron chi connectivity index (χ4n) is 3.14. The number of hydrogen-bond acceptors (Lipinski definition) is 7. The van der Waals surface area contributed by atoms with Crippen LogP contribution in [-0.4, -0.2) is 39.8 Å². The van der Waals surface area contributed by atoms with Crippen molar-refractivity contribution in [3.63, 3.8) is 0 Å². The number of fused-ring (bicyclic) bond motifs is 1. The Balaban J connectivity index is 1.50. The molecule has 1 N–H and O–H groups in total. The number of aromatic nitrogens is 3. The highest BCUT2D eigenvalue weighted by molar-refractivity contribution is 7.73. The zero-order valence-electron chi connectivity index (χ0n) is 13.4. The van der Waals surface area contributed by atoms with Gasteiger partial charge in [-0.1, -0.05) is 23.5 Å². The van der Waals surface area contributed by atoms with Crippen molar-refractivity contribution < 1.29 is 0 Å². The molecule has 8 heteroatoms. The molecule has 5 nitrogen and oxygen atoms in total. The maximum absolute atomic E-state index is 5.42. The number of para-hydroxylation sites is 1. The Hall–Kier alpha value is -1.35. The van der Waals surface area contributed by atoms with E-state index in [2.05, 4.69) is 39.6 Å². The van der Waals surface area contributed by atoms with Crippen molar-refractivity contribution >= 4 is 50.2 Å². The molecule has 3 heterocycles. The van der Waals surface area contributed by atoms with Gasteiger partial charge in [0, 0.05) is 19.5 Å². The van der Waals surface area contributed by atoms with Gasteiger partial charge in [0.1, 0.15) is 0 Å². The molecule has 1 aliphatic rings. The molecule has 1 saturated heterocycles. The minimum absolute atomic E-state index is 0.507. The van der Waals surface area contributed by atoms with Crippen LogP contribution in [0.25, 0.3) is 10.2 Å². The van der Waals surface area contributed by atoms with Crippen LogP contribution in [0.2, 0.25) is 0 Å². The van der Waals surface area contributed by atoms with Gasteiger partial charge in [0.05, 0.1) is 21.9 Å². The van der Waals surface area contributed by atoms with Crippen LogP contribution in [0.15, 0.2) is 24.3 Å². The van der Waals surface area contributed by atoms with Gasteiger partial charge in [-0.2, -0.15) is 0 Å². The number of rotatable bonds is 4. The van der Waals surface area contributed by atoms with Crippen LogP contribution >= 0.6 is 34.9 Å². The Morgan fingerprint density at radius 3 is 3.00 bits per heavy atom. The number of benzene rings is 1. The van der Waals surface area contributed by atoms with E-state index in [0.29, 0.717) is 5.92 Å². The van der Waals surface area contributed by atoms with Gasteiger partial charge in [0.25, 0.3) is 0 Å². The SMILES string of the molecule is CNc1nn(CN2CCC[C@@H](c3nc4ccccc4s3)C2)c(=S)s1. The molecule has 1 aromatic carbocycles. The van der Waals surface area contributed by atoms with Crippen molar-refractivity contribution in [1.29, 1.82) is 0 Å². The molecule has 0 saturated carbocycles. The fourth-order valence-corrected chi connectivity index (χ4v) is 5.18. The summed E-state index contributed by atoms with van der Waals surface area (Å²) in [6, 6.07) is 8.40. The molecule has 1 atom stereocenters. The minimum atomic E-state index is 0.507. The Morgan fingerprint density at radius 1 is 1.33 bits per heavy atom. The van der Waals surface area contributed by atoms with Crippen molar-refractivity contribution in [3.8, 4) is 0 Å². The van der Waals surface area contributed by atoms with Gasteiger partial charge in [-0.25, -0.2) is 9.67 Å². The normalized spacial score (nSPS) is 19.0. The van der Waals surface area contributed by atoms with Gasteiger partial charge in [-0.05, 0) is 43.7 Å². The van der Waals surface area contributed by atoms with Gasteiger partial charge in [0.2, 0.25) is 5.13 Å². The molecule has 4 rings (SSSR count). The topological polar surface area (TPSA) is 46.0 Å². The molecule has 2 aromatic heterocycles. The molecular formula is C16H19N5S3. The van der Waals surface area contributed by atoms with E-state index in [1.54, 1.807) is 0 Å². The number of nitrogens with zero attached hydrogens (tertiary/aromatic N) is 4. The zero-order chi connectivity index (χ0) is 16.5. The average molecular weight is 378 g/mol. The third kappa shape index (κ3) is 3.23. The summed E-state index contributed by atoms with van der Waals surface area (Å²) in [7, 11) is 1.88. The first kappa shape index (κ1) is 16.1. The van der Waals surface area contributed by atoms with E-state index in [9.17, 15) is 0 Å². The molecule has 0 radical (unpaired) electrons. The molecule has 1 fully saturated rings. The zero-order valence-corrected chi connectivity index (χ0v) is 15.9. The smallest absolute Gasteiger partial charge is 0.204 e. The van der Waals surface area contributed by atoms with Gasteiger partial charge < -0.3 is 5.32 Å². The van der Waals surface area contributed by atoms with E-state index in [-0.39, 0.29) is 0 Å². The summed E-state index contributed by atoms with van der Waals surface area (Å²) in [4.78, 5) is 7.29. The van der Waals surface area contributed by atoms with E-state index in [1.165, 1.54) is 33.9 Å². The van der Waals surface area contributed by atoms with Crippen LogP contribution in [0.4, 0.5) is 5.13 Å². The highest BCUT2D eigenvalue weighted by atomic mass is 32.1. The lowest BCUT2D eigenvalue weighted by Crippen LogP contribution is -2.36. The van der Waals surface area contributed by atoms with E-state index in [0.717, 1.165) is 34.4 Å². The van der Waals surface area contributed by atoms with Crippen molar-refractivity contribution in [2.45, 2.75) is 25.4 Å². The molecule has 0 bridgehead atoms. The summed E-state index contributed by atoms with van der Waals surface area (Å²) >= 11 is 8.77.